The first-order valence-corrected chi connectivity index (χ1v) is 15.7. The van der Waals surface area contributed by atoms with E-state index in [1.54, 1.807) is 12.1 Å². The van der Waals surface area contributed by atoms with E-state index in [2.05, 4.69) is 0 Å². The third-order valence-corrected chi connectivity index (χ3v) is 10.2. The maximum atomic E-state index is 14.5. The second kappa shape index (κ2) is 13.8. The van der Waals surface area contributed by atoms with Crippen molar-refractivity contribution in [2.75, 3.05) is 11.9 Å². The largest absolute Gasteiger partial charge is 0.305 e. The van der Waals surface area contributed by atoms with Crippen molar-refractivity contribution in [2.24, 2.45) is 0 Å². The number of likely N-dealkylation sites (N-methyl/N-ethyl adjacent to an activating group) is 1. The summed E-state index contributed by atoms with van der Waals surface area (Å²) >= 11 is 6.42. The second-order valence-electron chi connectivity index (χ2n) is 10.7. The highest BCUT2D eigenvalue weighted by atomic mass is 35.5. The number of nitrogens with one attached hydrogen (secondary N) is 1. The minimum atomic E-state index is -5.47. The number of hydrogen-bond donors (Lipinski definition) is 2. The number of hydrogen-bond acceptors (Lipinski definition) is 5. The minimum absolute atomic E-state index is 0.00129. The number of rotatable bonds is 9. The van der Waals surface area contributed by atoms with Gasteiger partial charge in [-0.15, -0.1) is 0 Å². The van der Waals surface area contributed by atoms with E-state index in [0.717, 1.165) is 56.2 Å². The van der Waals surface area contributed by atoms with E-state index in [1.165, 1.54) is 24.0 Å². The van der Waals surface area contributed by atoms with Crippen LogP contribution in [0.1, 0.15) is 66.4 Å². The van der Waals surface area contributed by atoms with Gasteiger partial charge in [-0.05, 0) is 55.0 Å². The Morgan fingerprint density at radius 3 is 2.02 bits per heavy atom. The van der Waals surface area contributed by atoms with Crippen molar-refractivity contribution in [1.29, 1.82) is 0 Å². The van der Waals surface area contributed by atoms with E-state index >= 15 is 0 Å². The van der Waals surface area contributed by atoms with Crippen molar-refractivity contribution in [3.05, 3.63) is 93.3 Å². The van der Waals surface area contributed by atoms with Gasteiger partial charge < -0.3 is 4.90 Å². The molecule has 2 N–H and O–H groups in total. The normalized spacial score (nSPS) is 14.8. The highest BCUT2D eigenvalue weighted by Crippen LogP contribution is 2.35. The van der Waals surface area contributed by atoms with Crippen LogP contribution in [0, 0.1) is 29.1 Å². The molecule has 1 aliphatic rings. The first-order chi connectivity index (χ1) is 21.2. The van der Waals surface area contributed by atoms with Gasteiger partial charge in [0.25, 0.3) is 5.91 Å². The molecule has 0 heterocycles. The molecule has 0 unspecified atom stereocenters. The predicted molar refractivity (Wildman–Crippen MR) is 155 cm³/mol. The van der Waals surface area contributed by atoms with Crippen molar-refractivity contribution in [3.63, 3.8) is 0 Å². The SMILES string of the molecule is C[C@H](C(=O)N(Cc1ccc(C2CCCCC2)cc1)c1ccc(C(=O)NO)cc1Cl)N(C)S(=O)(=O)c1c(F)c(F)c(F)c(F)c1F. The Balaban J connectivity index is 1.72. The van der Waals surface area contributed by atoms with Crippen LogP contribution in [0.5, 0.6) is 0 Å². The van der Waals surface area contributed by atoms with Gasteiger partial charge in [-0.25, -0.2) is 35.8 Å². The molecule has 0 saturated heterocycles. The second-order valence-corrected chi connectivity index (χ2v) is 13.0. The summed E-state index contributed by atoms with van der Waals surface area (Å²) in [4.78, 5) is 24.8. The molecule has 1 aliphatic carbocycles. The van der Waals surface area contributed by atoms with Crippen molar-refractivity contribution in [2.45, 2.75) is 62.4 Å². The highest BCUT2D eigenvalue weighted by molar-refractivity contribution is 7.89. The van der Waals surface area contributed by atoms with Gasteiger partial charge in [-0.1, -0.05) is 55.1 Å². The number of carbonyl (C=O) groups is 2. The fraction of sp³-hybridized carbons (Fsp3) is 0.333. The number of nitrogens with zero attached hydrogens (tertiary/aromatic N) is 2. The average molecular weight is 674 g/mol. The lowest BCUT2D eigenvalue weighted by atomic mass is 9.84. The molecular formula is C30H29ClF5N3O5S. The lowest BCUT2D eigenvalue weighted by Crippen LogP contribution is -2.48. The summed E-state index contributed by atoms with van der Waals surface area (Å²) < 4.78 is 96.9. The summed E-state index contributed by atoms with van der Waals surface area (Å²) in [6.07, 6.45) is 5.52. The first-order valence-electron chi connectivity index (χ1n) is 13.8. The molecule has 4 rings (SSSR count). The Hall–Kier alpha value is -3.59. The standard InChI is InChI=1S/C30H29ClF5N3O5S/c1-16(38(2)45(43,44)28-26(35)24(33)23(32)25(34)27(28)36)30(41)39(22-13-12-20(14-21(22)31)29(40)37-42)15-17-8-10-19(11-9-17)18-6-4-3-5-7-18/h8-14,16,18,42H,3-7,15H2,1-2H3,(H,37,40)/t16-/m1/s1. The fourth-order valence-electron chi connectivity index (χ4n) is 5.27. The molecule has 3 aromatic carbocycles. The molecule has 1 atom stereocenters. The smallest absolute Gasteiger partial charge is 0.274 e. The molecule has 15 heteroatoms. The van der Waals surface area contributed by atoms with Crippen molar-refractivity contribution in [3.8, 4) is 0 Å². The number of carbonyl (C=O) groups excluding carboxylic acids is 2. The van der Waals surface area contributed by atoms with E-state index in [1.807, 2.05) is 12.1 Å². The van der Waals surface area contributed by atoms with E-state index in [-0.39, 0.29) is 27.1 Å². The lowest BCUT2D eigenvalue weighted by Gasteiger charge is -2.31. The van der Waals surface area contributed by atoms with Gasteiger partial charge in [-0.3, -0.25) is 14.8 Å². The third kappa shape index (κ3) is 6.83. The zero-order chi connectivity index (χ0) is 33.2. The summed E-state index contributed by atoms with van der Waals surface area (Å²) in [5.41, 5.74) is 3.09. The Morgan fingerprint density at radius 1 is 0.933 bits per heavy atom. The highest BCUT2D eigenvalue weighted by Gasteiger charge is 2.40. The van der Waals surface area contributed by atoms with Crippen LogP contribution in [-0.2, 0) is 21.4 Å². The van der Waals surface area contributed by atoms with Gasteiger partial charge in [0, 0.05) is 12.6 Å². The van der Waals surface area contributed by atoms with Crippen molar-refractivity contribution >= 4 is 39.1 Å². The van der Waals surface area contributed by atoms with Crippen LogP contribution in [-0.4, -0.2) is 42.8 Å². The lowest BCUT2D eigenvalue weighted by molar-refractivity contribution is -0.121. The van der Waals surface area contributed by atoms with Crippen LogP contribution in [0.2, 0.25) is 5.02 Å². The fourth-order valence-corrected chi connectivity index (χ4v) is 6.98. The van der Waals surface area contributed by atoms with Crippen LogP contribution >= 0.6 is 11.6 Å². The first kappa shape index (κ1) is 34.3. The van der Waals surface area contributed by atoms with Gasteiger partial charge in [0.1, 0.15) is 6.04 Å². The number of amides is 2. The van der Waals surface area contributed by atoms with E-state index < -0.39 is 61.9 Å². The molecule has 0 aromatic heterocycles. The Kier molecular flexibility index (Phi) is 10.5. The maximum Gasteiger partial charge on any atom is 0.274 e. The number of anilines is 1. The molecule has 0 aliphatic heterocycles. The predicted octanol–water partition coefficient (Wildman–Crippen LogP) is 6.44. The van der Waals surface area contributed by atoms with Crippen LogP contribution < -0.4 is 10.4 Å². The quantitative estimate of drug-likeness (QED) is 0.0894. The van der Waals surface area contributed by atoms with Crippen LogP contribution in [0.25, 0.3) is 0 Å². The zero-order valence-electron chi connectivity index (χ0n) is 24.1. The van der Waals surface area contributed by atoms with E-state index in [4.69, 9.17) is 16.8 Å². The van der Waals surface area contributed by atoms with Gasteiger partial charge in [0.15, 0.2) is 28.2 Å². The number of benzene rings is 3. The molecule has 0 bridgehead atoms. The molecule has 8 nitrogen and oxygen atoms in total. The van der Waals surface area contributed by atoms with Gasteiger partial charge in [0.05, 0.1) is 17.3 Å². The Morgan fingerprint density at radius 2 is 1.49 bits per heavy atom. The maximum absolute atomic E-state index is 14.5. The molecule has 2 amide bonds. The molecule has 1 saturated carbocycles. The molecule has 242 valence electrons. The molecule has 45 heavy (non-hydrogen) atoms. The monoisotopic (exact) mass is 673 g/mol. The van der Waals surface area contributed by atoms with Crippen LogP contribution in [0.4, 0.5) is 27.6 Å². The summed E-state index contributed by atoms with van der Waals surface area (Å²) in [6, 6.07) is 9.31. The minimum Gasteiger partial charge on any atom is -0.305 e. The van der Waals surface area contributed by atoms with E-state index in [0.29, 0.717) is 11.5 Å². The summed E-state index contributed by atoms with van der Waals surface area (Å²) in [6.45, 7) is 0.877. The number of halogens is 6. The number of sulfonamides is 1. The summed E-state index contributed by atoms with van der Waals surface area (Å²) in [7, 11) is -4.72. The zero-order valence-corrected chi connectivity index (χ0v) is 25.7. The molecule has 0 radical (unpaired) electrons. The summed E-state index contributed by atoms with van der Waals surface area (Å²) in [5, 5.41) is 8.81. The third-order valence-electron chi connectivity index (χ3n) is 7.97. The Bertz CT molecular complexity index is 1690. The van der Waals surface area contributed by atoms with Crippen molar-refractivity contribution < 1.29 is 45.2 Å². The van der Waals surface area contributed by atoms with Gasteiger partial charge >= 0.3 is 0 Å². The molecule has 3 aromatic rings. The van der Waals surface area contributed by atoms with Crippen LogP contribution in [0.15, 0.2) is 47.4 Å². The molecule has 0 spiro atoms. The molecule has 1 fully saturated rings. The van der Waals surface area contributed by atoms with Crippen molar-refractivity contribution in [1.82, 2.24) is 9.79 Å². The number of hydroxylamine groups is 1. The average Bonchev–Trinajstić information content (AvgIpc) is 3.04. The Labute approximate surface area is 261 Å². The van der Waals surface area contributed by atoms with Crippen LogP contribution in [0.3, 0.4) is 0 Å². The summed E-state index contributed by atoms with van der Waals surface area (Å²) in [5.74, 6) is -14.1. The molecular weight excluding hydrogens is 645 g/mol. The van der Waals surface area contributed by atoms with E-state index in [9.17, 15) is 40.0 Å². The van der Waals surface area contributed by atoms with Gasteiger partial charge in [0.2, 0.25) is 21.7 Å². The topological polar surface area (TPSA) is 107 Å². The van der Waals surface area contributed by atoms with Gasteiger partial charge in [-0.2, -0.15) is 4.31 Å².